The van der Waals surface area contributed by atoms with Crippen LogP contribution in [-0.2, 0) is 22.0 Å². The van der Waals surface area contributed by atoms with Crippen LogP contribution >= 0.6 is 0 Å². The SMILES string of the molecule is CCC(C)(C)Nc1nc(N(C)CCC2CCOCC2)nc2c1[S@](=O)CC2. The molecule has 0 spiro atoms. The Morgan fingerprint density at radius 2 is 2.04 bits per heavy atom. The lowest BCUT2D eigenvalue weighted by atomic mass is 9.96. The molecule has 0 aromatic carbocycles. The number of nitrogens with zero attached hydrogens (tertiary/aromatic N) is 3. The Labute approximate surface area is 159 Å². The van der Waals surface area contributed by atoms with E-state index in [0.717, 1.165) is 80.1 Å². The molecule has 2 aliphatic rings. The summed E-state index contributed by atoms with van der Waals surface area (Å²) in [5, 5.41) is 3.51. The van der Waals surface area contributed by atoms with E-state index in [1.54, 1.807) is 0 Å². The number of anilines is 2. The predicted octanol–water partition coefficient (Wildman–Crippen LogP) is 2.99. The molecule has 146 valence electrons. The molecule has 0 saturated carbocycles. The third-order valence-corrected chi connectivity index (χ3v) is 7.03. The van der Waals surface area contributed by atoms with E-state index in [4.69, 9.17) is 14.7 Å². The average Bonchev–Trinajstić information content (AvgIpc) is 3.01. The summed E-state index contributed by atoms with van der Waals surface area (Å²) in [6.45, 7) is 9.14. The number of ether oxygens (including phenoxy) is 1. The van der Waals surface area contributed by atoms with Crippen LogP contribution in [0.5, 0.6) is 0 Å². The van der Waals surface area contributed by atoms with Crippen LogP contribution in [0.1, 0.15) is 52.1 Å². The van der Waals surface area contributed by atoms with Crippen LogP contribution in [0.15, 0.2) is 4.90 Å². The topological polar surface area (TPSA) is 67.3 Å². The third-order valence-electron chi connectivity index (χ3n) is 5.57. The van der Waals surface area contributed by atoms with Crippen LogP contribution in [-0.4, -0.2) is 52.3 Å². The van der Waals surface area contributed by atoms with Gasteiger partial charge >= 0.3 is 0 Å². The number of aryl methyl sites for hydroxylation is 1. The number of fused-ring (bicyclic) bond motifs is 1. The van der Waals surface area contributed by atoms with Crippen molar-refractivity contribution in [1.82, 2.24) is 9.97 Å². The number of nitrogens with one attached hydrogen (secondary N) is 1. The summed E-state index contributed by atoms with van der Waals surface area (Å²) in [6, 6.07) is 0. The monoisotopic (exact) mass is 380 g/mol. The molecule has 3 rings (SSSR count). The van der Waals surface area contributed by atoms with Gasteiger partial charge in [0.1, 0.15) is 10.7 Å². The molecule has 0 aliphatic carbocycles. The van der Waals surface area contributed by atoms with Crippen molar-refractivity contribution in [3.05, 3.63) is 5.69 Å². The fourth-order valence-corrected chi connectivity index (χ4v) is 4.67. The fourth-order valence-electron chi connectivity index (χ4n) is 3.36. The van der Waals surface area contributed by atoms with Gasteiger partial charge in [-0.2, -0.15) is 4.98 Å². The summed E-state index contributed by atoms with van der Waals surface area (Å²) < 4.78 is 17.9. The van der Waals surface area contributed by atoms with Gasteiger partial charge in [0.15, 0.2) is 0 Å². The molecule has 26 heavy (non-hydrogen) atoms. The highest BCUT2D eigenvalue weighted by Crippen LogP contribution is 2.32. The first-order valence-electron chi connectivity index (χ1n) is 9.76. The maximum absolute atomic E-state index is 12.4. The first kappa shape index (κ1) is 19.5. The van der Waals surface area contributed by atoms with Crippen molar-refractivity contribution in [2.75, 3.05) is 42.8 Å². The summed E-state index contributed by atoms with van der Waals surface area (Å²) in [5.74, 6) is 2.87. The minimum absolute atomic E-state index is 0.0904. The van der Waals surface area contributed by atoms with Gasteiger partial charge < -0.3 is 15.0 Å². The van der Waals surface area contributed by atoms with Crippen molar-refractivity contribution in [2.24, 2.45) is 5.92 Å². The Bertz CT molecular complexity index is 659. The summed E-state index contributed by atoms with van der Waals surface area (Å²) in [4.78, 5) is 12.5. The van der Waals surface area contributed by atoms with E-state index in [1.165, 1.54) is 0 Å². The molecule has 0 amide bonds. The lowest BCUT2D eigenvalue weighted by Gasteiger charge is -2.28. The van der Waals surface area contributed by atoms with Crippen molar-refractivity contribution in [1.29, 1.82) is 0 Å². The zero-order valence-electron chi connectivity index (χ0n) is 16.5. The van der Waals surface area contributed by atoms with Crippen molar-refractivity contribution < 1.29 is 8.95 Å². The number of hydrogen-bond acceptors (Lipinski definition) is 6. The molecule has 0 unspecified atom stereocenters. The molecule has 0 radical (unpaired) electrons. The van der Waals surface area contributed by atoms with Crippen LogP contribution in [0.4, 0.5) is 11.8 Å². The van der Waals surface area contributed by atoms with E-state index in [9.17, 15) is 4.21 Å². The van der Waals surface area contributed by atoms with Gasteiger partial charge in [-0.25, -0.2) is 4.98 Å². The second kappa shape index (κ2) is 8.21. The van der Waals surface area contributed by atoms with E-state index in [2.05, 4.69) is 38.0 Å². The van der Waals surface area contributed by atoms with Crippen LogP contribution in [0, 0.1) is 5.92 Å². The van der Waals surface area contributed by atoms with Gasteiger partial charge in [-0.3, -0.25) is 4.21 Å². The maximum Gasteiger partial charge on any atom is 0.227 e. The molecule has 1 saturated heterocycles. The normalized spacial score (nSPS) is 20.8. The van der Waals surface area contributed by atoms with Gasteiger partial charge in [0.2, 0.25) is 5.95 Å². The first-order valence-corrected chi connectivity index (χ1v) is 11.1. The summed E-state index contributed by atoms with van der Waals surface area (Å²) in [6.07, 6.45) is 5.17. The van der Waals surface area contributed by atoms with Gasteiger partial charge in [0, 0.05) is 44.5 Å². The Kier molecular flexibility index (Phi) is 6.17. The van der Waals surface area contributed by atoms with E-state index in [-0.39, 0.29) is 5.54 Å². The Morgan fingerprint density at radius 3 is 2.73 bits per heavy atom. The molecule has 1 aromatic heterocycles. The molecule has 1 aromatic rings. The average molecular weight is 381 g/mol. The standard InChI is InChI=1S/C19H32N4O2S/c1-5-19(2,3)22-17-16-15(9-13-26(16)24)20-18(21-17)23(4)10-6-14-7-11-25-12-8-14/h14H,5-13H2,1-4H3,(H,20,21,22)/t26-/m1/s1. The molecular formula is C19H32N4O2S. The molecule has 7 heteroatoms. The van der Waals surface area contributed by atoms with Crippen LogP contribution < -0.4 is 10.2 Å². The van der Waals surface area contributed by atoms with Gasteiger partial charge in [0.25, 0.3) is 0 Å². The van der Waals surface area contributed by atoms with E-state index >= 15 is 0 Å². The fraction of sp³-hybridized carbons (Fsp3) is 0.789. The quantitative estimate of drug-likeness (QED) is 0.784. The molecule has 1 fully saturated rings. The largest absolute Gasteiger partial charge is 0.381 e. The Balaban J connectivity index is 1.77. The molecule has 1 N–H and O–H groups in total. The van der Waals surface area contributed by atoms with E-state index in [1.807, 2.05) is 0 Å². The molecular weight excluding hydrogens is 348 g/mol. The molecule has 0 bridgehead atoms. The van der Waals surface area contributed by atoms with Gasteiger partial charge in [-0.1, -0.05) is 6.92 Å². The molecule has 6 nitrogen and oxygen atoms in total. The molecule has 3 heterocycles. The minimum atomic E-state index is -0.995. The Morgan fingerprint density at radius 1 is 1.31 bits per heavy atom. The highest BCUT2D eigenvalue weighted by atomic mass is 32.2. The smallest absolute Gasteiger partial charge is 0.227 e. The lowest BCUT2D eigenvalue weighted by Crippen LogP contribution is -2.32. The van der Waals surface area contributed by atoms with Crippen molar-refractivity contribution in [3.8, 4) is 0 Å². The third kappa shape index (κ3) is 4.55. The van der Waals surface area contributed by atoms with Crippen LogP contribution in [0.3, 0.4) is 0 Å². The zero-order chi connectivity index (χ0) is 18.7. The van der Waals surface area contributed by atoms with Crippen molar-refractivity contribution in [2.45, 2.75) is 63.3 Å². The second-order valence-electron chi connectivity index (χ2n) is 8.08. The van der Waals surface area contributed by atoms with Crippen molar-refractivity contribution in [3.63, 3.8) is 0 Å². The zero-order valence-corrected chi connectivity index (χ0v) is 17.3. The maximum atomic E-state index is 12.4. The van der Waals surface area contributed by atoms with Gasteiger partial charge in [0.05, 0.1) is 16.5 Å². The minimum Gasteiger partial charge on any atom is -0.381 e. The summed E-state index contributed by atoms with van der Waals surface area (Å²) in [7, 11) is 1.06. The van der Waals surface area contributed by atoms with Gasteiger partial charge in [-0.15, -0.1) is 0 Å². The van der Waals surface area contributed by atoms with Crippen LogP contribution in [0.25, 0.3) is 0 Å². The number of aromatic nitrogens is 2. The second-order valence-corrected chi connectivity index (χ2v) is 9.58. The highest BCUT2D eigenvalue weighted by Gasteiger charge is 2.29. The lowest BCUT2D eigenvalue weighted by molar-refractivity contribution is 0.0645. The Hall–Kier alpha value is -1.21. The predicted molar refractivity (Wildman–Crippen MR) is 106 cm³/mol. The van der Waals surface area contributed by atoms with Gasteiger partial charge in [-0.05, 0) is 45.4 Å². The number of rotatable bonds is 7. The van der Waals surface area contributed by atoms with Crippen LogP contribution in [0.2, 0.25) is 0 Å². The first-order chi connectivity index (χ1) is 12.4. The van der Waals surface area contributed by atoms with E-state index in [0.29, 0.717) is 5.75 Å². The van der Waals surface area contributed by atoms with Crippen molar-refractivity contribution >= 4 is 22.6 Å². The summed E-state index contributed by atoms with van der Waals surface area (Å²) in [5.41, 5.74) is 0.855. The molecule has 2 aliphatic heterocycles. The highest BCUT2D eigenvalue weighted by molar-refractivity contribution is 7.85. The van der Waals surface area contributed by atoms with E-state index < -0.39 is 10.8 Å². The summed E-state index contributed by atoms with van der Waals surface area (Å²) >= 11 is 0. The number of hydrogen-bond donors (Lipinski definition) is 1. The molecule has 1 atom stereocenters.